The molecular weight excluding hydrogens is 304 g/mol. The first-order valence-electron chi connectivity index (χ1n) is 6.37. The zero-order chi connectivity index (χ0) is 16.0. The summed E-state index contributed by atoms with van der Waals surface area (Å²) in [4.78, 5) is 10.3. The number of anilines is 1. The van der Waals surface area contributed by atoms with Gasteiger partial charge in [-0.3, -0.25) is 4.79 Å². The Morgan fingerprint density at radius 3 is 2.29 bits per heavy atom. The lowest BCUT2D eigenvalue weighted by molar-refractivity contribution is -0.137. The van der Waals surface area contributed by atoms with E-state index in [4.69, 9.17) is 5.11 Å². The fourth-order valence-corrected chi connectivity index (χ4v) is 2.59. The van der Waals surface area contributed by atoms with Crippen LogP contribution in [0.15, 0.2) is 29.2 Å². The van der Waals surface area contributed by atoms with Gasteiger partial charge in [-0.05, 0) is 30.7 Å². The molecule has 0 aliphatic rings. The van der Waals surface area contributed by atoms with E-state index >= 15 is 0 Å². The standard InChI is InChI=1S/C13H17F2NO4S/c1-2-3-10(8-12(17)18)16-9-4-6-11(7-5-9)21(19,20)13(14)15/h4-7,10,13,16H,2-3,8H2,1H3,(H,17,18). The van der Waals surface area contributed by atoms with Crippen molar-refractivity contribution in [2.45, 2.75) is 42.9 Å². The lowest BCUT2D eigenvalue weighted by Crippen LogP contribution is -2.23. The summed E-state index contributed by atoms with van der Waals surface area (Å²) in [5.74, 6) is -4.41. The van der Waals surface area contributed by atoms with E-state index in [9.17, 15) is 22.0 Å². The molecule has 1 rings (SSSR count). The second-order valence-corrected chi connectivity index (χ2v) is 6.48. The molecule has 0 saturated heterocycles. The van der Waals surface area contributed by atoms with Crippen molar-refractivity contribution >= 4 is 21.5 Å². The third-order valence-corrected chi connectivity index (χ3v) is 4.24. The third kappa shape index (κ3) is 4.96. The van der Waals surface area contributed by atoms with E-state index in [1.807, 2.05) is 6.92 Å². The molecule has 0 aromatic heterocycles. The minimum absolute atomic E-state index is 0.0784. The van der Waals surface area contributed by atoms with Crippen LogP contribution in [0.4, 0.5) is 14.5 Å². The van der Waals surface area contributed by atoms with Crippen LogP contribution in [0.3, 0.4) is 0 Å². The predicted molar refractivity (Wildman–Crippen MR) is 74.2 cm³/mol. The van der Waals surface area contributed by atoms with E-state index in [1.165, 1.54) is 12.1 Å². The number of sulfone groups is 1. The summed E-state index contributed by atoms with van der Waals surface area (Å²) in [6.07, 6.45) is 1.33. The van der Waals surface area contributed by atoms with Crippen molar-refractivity contribution in [3.63, 3.8) is 0 Å². The van der Waals surface area contributed by atoms with Crippen LogP contribution in [0.2, 0.25) is 0 Å². The summed E-state index contributed by atoms with van der Waals surface area (Å²) < 4.78 is 47.3. The summed E-state index contributed by atoms with van der Waals surface area (Å²) in [6, 6.07) is 4.55. The largest absolute Gasteiger partial charge is 0.481 e. The van der Waals surface area contributed by atoms with Crippen LogP contribution in [0.1, 0.15) is 26.2 Å². The lowest BCUT2D eigenvalue weighted by atomic mass is 10.1. The Kier molecular flexibility index (Phi) is 6.07. The molecule has 1 aromatic carbocycles. The lowest BCUT2D eigenvalue weighted by Gasteiger charge is -2.17. The Labute approximate surface area is 121 Å². The zero-order valence-electron chi connectivity index (χ0n) is 11.4. The monoisotopic (exact) mass is 321 g/mol. The third-order valence-electron chi connectivity index (χ3n) is 2.85. The molecule has 1 unspecified atom stereocenters. The summed E-state index contributed by atoms with van der Waals surface area (Å²) in [5.41, 5.74) is 0.489. The van der Waals surface area contributed by atoms with Gasteiger partial charge in [-0.2, -0.15) is 8.78 Å². The van der Waals surface area contributed by atoms with Gasteiger partial charge in [0.15, 0.2) is 0 Å². The van der Waals surface area contributed by atoms with Crippen molar-refractivity contribution in [3.05, 3.63) is 24.3 Å². The molecule has 8 heteroatoms. The molecule has 118 valence electrons. The number of rotatable bonds is 8. The van der Waals surface area contributed by atoms with E-state index in [0.717, 1.165) is 18.6 Å². The first-order valence-corrected chi connectivity index (χ1v) is 7.92. The Hall–Kier alpha value is -1.70. The molecular formula is C13H17F2NO4S. The molecule has 0 heterocycles. The van der Waals surface area contributed by atoms with Gasteiger partial charge in [0.2, 0.25) is 9.84 Å². The van der Waals surface area contributed by atoms with Gasteiger partial charge < -0.3 is 10.4 Å². The molecule has 0 saturated carbocycles. The van der Waals surface area contributed by atoms with Crippen LogP contribution >= 0.6 is 0 Å². The fourth-order valence-electron chi connectivity index (χ4n) is 1.86. The number of hydrogen-bond donors (Lipinski definition) is 2. The quantitative estimate of drug-likeness (QED) is 0.769. The van der Waals surface area contributed by atoms with Crippen molar-refractivity contribution < 1.29 is 27.1 Å². The van der Waals surface area contributed by atoms with E-state index in [0.29, 0.717) is 12.1 Å². The second kappa shape index (κ2) is 7.35. The Morgan fingerprint density at radius 1 is 1.29 bits per heavy atom. The highest BCUT2D eigenvalue weighted by Crippen LogP contribution is 2.21. The van der Waals surface area contributed by atoms with Crippen molar-refractivity contribution in [1.82, 2.24) is 0 Å². The van der Waals surface area contributed by atoms with Crippen LogP contribution in [0.5, 0.6) is 0 Å². The molecule has 0 aliphatic carbocycles. The molecule has 0 fully saturated rings. The van der Waals surface area contributed by atoms with Crippen LogP contribution in [-0.2, 0) is 14.6 Å². The molecule has 0 radical (unpaired) electrons. The molecule has 1 atom stereocenters. The molecule has 0 amide bonds. The fraction of sp³-hybridized carbons (Fsp3) is 0.462. The number of nitrogens with one attached hydrogen (secondary N) is 1. The smallest absolute Gasteiger partial charge is 0.341 e. The maximum absolute atomic E-state index is 12.4. The van der Waals surface area contributed by atoms with E-state index in [-0.39, 0.29) is 12.5 Å². The summed E-state index contributed by atoms with van der Waals surface area (Å²) in [6.45, 7) is 1.91. The first-order chi connectivity index (χ1) is 9.77. The maximum atomic E-state index is 12.4. The van der Waals surface area contributed by atoms with Gasteiger partial charge in [-0.1, -0.05) is 13.3 Å². The normalized spacial score (nSPS) is 13.1. The average molecular weight is 321 g/mol. The number of hydrogen-bond acceptors (Lipinski definition) is 4. The number of carbonyl (C=O) groups is 1. The van der Waals surface area contributed by atoms with Gasteiger partial charge in [-0.15, -0.1) is 0 Å². The predicted octanol–water partition coefficient (Wildman–Crippen LogP) is 2.74. The zero-order valence-corrected chi connectivity index (χ0v) is 12.2. The number of alkyl halides is 2. The number of carboxylic acid groups (broad SMARTS) is 1. The summed E-state index contributed by atoms with van der Waals surface area (Å²) >= 11 is 0. The molecule has 1 aromatic rings. The summed E-state index contributed by atoms with van der Waals surface area (Å²) in [5, 5.41) is 11.8. The van der Waals surface area contributed by atoms with E-state index in [2.05, 4.69) is 5.32 Å². The van der Waals surface area contributed by atoms with Gasteiger partial charge in [0.1, 0.15) is 0 Å². The maximum Gasteiger partial charge on any atom is 0.341 e. The minimum atomic E-state index is -4.61. The van der Waals surface area contributed by atoms with Crippen LogP contribution in [0, 0.1) is 0 Å². The number of carboxylic acids is 1. The number of halogens is 2. The second-order valence-electron chi connectivity index (χ2n) is 4.56. The van der Waals surface area contributed by atoms with Crippen molar-refractivity contribution in [1.29, 1.82) is 0 Å². The van der Waals surface area contributed by atoms with E-state index < -0.39 is 26.5 Å². The van der Waals surface area contributed by atoms with Gasteiger partial charge >= 0.3 is 11.7 Å². The van der Waals surface area contributed by atoms with Crippen molar-refractivity contribution in [2.24, 2.45) is 0 Å². The summed E-state index contributed by atoms with van der Waals surface area (Å²) in [7, 11) is -4.61. The highest BCUT2D eigenvalue weighted by molar-refractivity contribution is 7.91. The topological polar surface area (TPSA) is 83.5 Å². The molecule has 2 N–H and O–H groups in total. The van der Waals surface area contributed by atoms with Crippen LogP contribution in [-0.4, -0.2) is 31.3 Å². The van der Waals surface area contributed by atoms with Crippen molar-refractivity contribution in [3.8, 4) is 0 Å². The van der Waals surface area contributed by atoms with Crippen LogP contribution in [0.25, 0.3) is 0 Å². The SMILES string of the molecule is CCCC(CC(=O)O)Nc1ccc(S(=O)(=O)C(F)F)cc1. The highest BCUT2D eigenvalue weighted by Gasteiger charge is 2.26. The Bertz CT molecular complexity index is 572. The molecule has 0 aliphatic heterocycles. The average Bonchev–Trinajstić information content (AvgIpc) is 2.38. The number of benzene rings is 1. The van der Waals surface area contributed by atoms with Crippen LogP contribution < -0.4 is 5.32 Å². The molecule has 0 spiro atoms. The van der Waals surface area contributed by atoms with Crippen molar-refractivity contribution in [2.75, 3.05) is 5.32 Å². The number of aliphatic carboxylic acids is 1. The highest BCUT2D eigenvalue weighted by atomic mass is 32.2. The molecule has 21 heavy (non-hydrogen) atoms. The Morgan fingerprint density at radius 2 is 1.86 bits per heavy atom. The minimum Gasteiger partial charge on any atom is -0.481 e. The molecule has 5 nitrogen and oxygen atoms in total. The molecule has 0 bridgehead atoms. The van der Waals surface area contributed by atoms with Gasteiger partial charge in [-0.25, -0.2) is 8.42 Å². The van der Waals surface area contributed by atoms with Gasteiger partial charge in [0.05, 0.1) is 11.3 Å². The van der Waals surface area contributed by atoms with E-state index in [1.54, 1.807) is 0 Å². The van der Waals surface area contributed by atoms with Gasteiger partial charge in [0.25, 0.3) is 0 Å². The Balaban J connectivity index is 2.84. The first kappa shape index (κ1) is 17.4. The van der Waals surface area contributed by atoms with Gasteiger partial charge in [0, 0.05) is 11.7 Å².